The van der Waals surface area contributed by atoms with E-state index in [1.54, 1.807) is 6.07 Å². The Balaban J connectivity index is 2.85. The Morgan fingerprint density at radius 1 is 1.57 bits per heavy atom. The number of fused-ring (bicyclic) bond motifs is 1. The van der Waals surface area contributed by atoms with Gasteiger partial charge in [0.05, 0.1) is 20.8 Å². The number of hydrogen-bond donors (Lipinski definition) is 1. The number of aromatic carboxylic acids is 1. The predicted octanol–water partition coefficient (Wildman–Crippen LogP) is 2.96. The van der Waals surface area contributed by atoms with E-state index in [0.29, 0.717) is 10.5 Å². The smallest absolute Gasteiger partial charge is 0.338 e. The van der Waals surface area contributed by atoms with Crippen LogP contribution in [-0.4, -0.2) is 16.1 Å². The molecule has 2 aromatic rings. The third-order valence-electron chi connectivity index (χ3n) is 1.80. The Hall–Kier alpha value is -1.13. The highest BCUT2D eigenvalue weighted by Crippen LogP contribution is 2.28. The van der Waals surface area contributed by atoms with Crippen molar-refractivity contribution in [1.29, 1.82) is 0 Å². The average Bonchev–Trinajstić information content (AvgIpc) is 2.42. The number of rotatable bonds is 1. The monoisotopic (exact) mass is 227 g/mol. The topological polar surface area (TPSA) is 50.2 Å². The highest BCUT2D eigenvalue weighted by molar-refractivity contribution is 7.18. The molecule has 0 radical (unpaired) electrons. The van der Waals surface area contributed by atoms with E-state index < -0.39 is 5.97 Å². The number of thiazole rings is 1. The number of aryl methyl sites for hydroxylation is 1. The first-order valence-corrected chi connectivity index (χ1v) is 5.07. The minimum absolute atomic E-state index is 0.164. The molecule has 0 saturated heterocycles. The summed E-state index contributed by atoms with van der Waals surface area (Å²) in [6.45, 7) is 1.84. The maximum absolute atomic E-state index is 10.9. The number of carbonyl (C=O) groups is 1. The number of nitrogens with zero attached hydrogens (tertiary/aromatic N) is 1. The van der Waals surface area contributed by atoms with E-state index in [9.17, 15) is 4.79 Å². The zero-order valence-electron chi connectivity index (χ0n) is 7.24. The summed E-state index contributed by atoms with van der Waals surface area (Å²) in [4.78, 5) is 15.0. The van der Waals surface area contributed by atoms with Crippen LogP contribution in [0.5, 0.6) is 0 Å². The van der Waals surface area contributed by atoms with Crippen molar-refractivity contribution in [2.24, 2.45) is 0 Å². The summed E-state index contributed by atoms with van der Waals surface area (Å²) in [5.41, 5.74) is 0.682. The van der Waals surface area contributed by atoms with Crippen LogP contribution in [-0.2, 0) is 0 Å². The highest BCUT2D eigenvalue weighted by atomic mass is 35.5. The van der Waals surface area contributed by atoms with Gasteiger partial charge >= 0.3 is 5.97 Å². The van der Waals surface area contributed by atoms with Gasteiger partial charge in [-0.1, -0.05) is 11.6 Å². The van der Waals surface area contributed by atoms with Crippen molar-refractivity contribution in [3.63, 3.8) is 0 Å². The van der Waals surface area contributed by atoms with Gasteiger partial charge in [0.2, 0.25) is 0 Å². The molecule has 0 aliphatic rings. The molecular formula is C9H6ClNO2S. The molecule has 72 valence electrons. The minimum atomic E-state index is -0.997. The molecule has 14 heavy (non-hydrogen) atoms. The van der Waals surface area contributed by atoms with Crippen molar-refractivity contribution in [2.75, 3.05) is 0 Å². The van der Waals surface area contributed by atoms with Gasteiger partial charge < -0.3 is 5.11 Å². The van der Waals surface area contributed by atoms with E-state index in [2.05, 4.69) is 4.98 Å². The Morgan fingerprint density at radius 2 is 2.29 bits per heavy atom. The van der Waals surface area contributed by atoms with Crippen LogP contribution < -0.4 is 0 Å². The Kier molecular flexibility index (Phi) is 2.17. The highest BCUT2D eigenvalue weighted by Gasteiger charge is 2.13. The summed E-state index contributed by atoms with van der Waals surface area (Å²) < 4.78 is 0.812. The van der Waals surface area contributed by atoms with E-state index in [-0.39, 0.29) is 5.56 Å². The van der Waals surface area contributed by atoms with Gasteiger partial charge in [-0.15, -0.1) is 11.3 Å². The molecule has 0 fully saturated rings. The maximum atomic E-state index is 10.9. The molecule has 3 nitrogen and oxygen atoms in total. The lowest BCUT2D eigenvalue weighted by Crippen LogP contribution is -1.97. The van der Waals surface area contributed by atoms with Crippen LogP contribution in [0.25, 0.3) is 10.2 Å². The summed E-state index contributed by atoms with van der Waals surface area (Å²) in [7, 11) is 0. The van der Waals surface area contributed by atoms with Gasteiger partial charge in [0.25, 0.3) is 0 Å². The van der Waals surface area contributed by atoms with Crippen molar-refractivity contribution >= 4 is 39.1 Å². The van der Waals surface area contributed by atoms with Crippen LogP contribution in [0, 0.1) is 6.92 Å². The Labute approximate surface area is 89.0 Å². The third-order valence-corrected chi connectivity index (χ3v) is 2.93. The van der Waals surface area contributed by atoms with Crippen LogP contribution in [0.1, 0.15) is 15.4 Å². The van der Waals surface area contributed by atoms with Crippen LogP contribution >= 0.6 is 22.9 Å². The molecule has 0 saturated carbocycles. The van der Waals surface area contributed by atoms with Crippen molar-refractivity contribution in [3.05, 3.63) is 27.7 Å². The molecule has 0 aliphatic heterocycles. The molecule has 0 bridgehead atoms. The number of halogens is 1. The van der Waals surface area contributed by atoms with Crippen LogP contribution in [0.3, 0.4) is 0 Å². The molecule has 0 unspecified atom stereocenters. The molecule has 1 heterocycles. The first kappa shape index (κ1) is 9.43. The molecule has 0 atom stereocenters. The predicted molar refractivity (Wildman–Crippen MR) is 56.3 cm³/mol. The normalized spacial score (nSPS) is 10.7. The van der Waals surface area contributed by atoms with Crippen LogP contribution in [0.15, 0.2) is 12.1 Å². The zero-order valence-corrected chi connectivity index (χ0v) is 8.82. The first-order valence-electron chi connectivity index (χ1n) is 3.88. The summed E-state index contributed by atoms with van der Waals surface area (Å²) in [6.07, 6.45) is 0. The fraction of sp³-hybridized carbons (Fsp3) is 0.111. The summed E-state index contributed by atoms with van der Waals surface area (Å²) in [5, 5.41) is 10.2. The maximum Gasteiger partial charge on any atom is 0.338 e. The molecule has 1 aromatic heterocycles. The Morgan fingerprint density at radius 3 is 2.93 bits per heavy atom. The number of aromatic nitrogens is 1. The zero-order chi connectivity index (χ0) is 10.3. The molecule has 1 aromatic carbocycles. The van der Waals surface area contributed by atoms with Gasteiger partial charge in [-0.05, 0) is 19.1 Å². The SMILES string of the molecule is Cc1nc2c(C(=O)O)cc(Cl)cc2s1. The second-order valence-electron chi connectivity index (χ2n) is 2.84. The lowest BCUT2D eigenvalue weighted by atomic mass is 10.2. The quantitative estimate of drug-likeness (QED) is 0.815. The molecule has 5 heteroatoms. The third kappa shape index (κ3) is 1.47. The fourth-order valence-corrected chi connectivity index (χ4v) is 2.45. The average molecular weight is 228 g/mol. The van der Waals surface area contributed by atoms with Crippen LogP contribution in [0.4, 0.5) is 0 Å². The van der Waals surface area contributed by atoms with Gasteiger partial charge in [-0.2, -0.15) is 0 Å². The van der Waals surface area contributed by atoms with Gasteiger partial charge in [0.1, 0.15) is 0 Å². The lowest BCUT2D eigenvalue weighted by molar-refractivity contribution is 0.0699. The minimum Gasteiger partial charge on any atom is -0.478 e. The standard InChI is InChI=1S/C9H6ClNO2S/c1-4-11-8-6(9(12)13)2-5(10)3-7(8)14-4/h2-3H,1H3,(H,12,13). The molecule has 2 rings (SSSR count). The largest absolute Gasteiger partial charge is 0.478 e. The lowest BCUT2D eigenvalue weighted by Gasteiger charge is -1.96. The second kappa shape index (κ2) is 3.22. The van der Waals surface area contributed by atoms with Crippen molar-refractivity contribution in [2.45, 2.75) is 6.92 Å². The van der Waals surface area contributed by atoms with E-state index in [4.69, 9.17) is 16.7 Å². The summed E-state index contributed by atoms with van der Waals surface area (Å²) >= 11 is 7.23. The number of benzene rings is 1. The first-order chi connectivity index (χ1) is 6.58. The van der Waals surface area contributed by atoms with E-state index in [1.807, 2.05) is 6.92 Å². The molecular weight excluding hydrogens is 222 g/mol. The van der Waals surface area contributed by atoms with Gasteiger partial charge in [-0.3, -0.25) is 0 Å². The van der Waals surface area contributed by atoms with E-state index in [0.717, 1.165) is 9.71 Å². The number of hydrogen-bond acceptors (Lipinski definition) is 3. The van der Waals surface area contributed by atoms with Gasteiger partial charge in [0, 0.05) is 5.02 Å². The van der Waals surface area contributed by atoms with E-state index in [1.165, 1.54) is 17.4 Å². The number of carboxylic acid groups (broad SMARTS) is 1. The fourth-order valence-electron chi connectivity index (χ4n) is 1.27. The van der Waals surface area contributed by atoms with Crippen molar-refractivity contribution < 1.29 is 9.90 Å². The van der Waals surface area contributed by atoms with Crippen LogP contribution in [0.2, 0.25) is 5.02 Å². The number of carboxylic acids is 1. The molecule has 0 aliphatic carbocycles. The van der Waals surface area contributed by atoms with Gasteiger partial charge in [-0.25, -0.2) is 9.78 Å². The molecule has 1 N–H and O–H groups in total. The Bertz CT molecular complexity index is 521. The van der Waals surface area contributed by atoms with Crippen molar-refractivity contribution in [1.82, 2.24) is 4.98 Å². The molecule has 0 spiro atoms. The summed E-state index contributed by atoms with van der Waals surface area (Å²) in [6, 6.07) is 3.15. The van der Waals surface area contributed by atoms with Crippen molar-refractivity contribution in [3.8, 4) is 0 Å². The van der Waals surface area contributed by atoms with Gasteiger partial charge in [0.15, 0.2) is 0 Å². The molecule has 0 amide bonds. The van der Waals surface area contributed by atoms with E-state index >= 15 is 0 Å². The second-order valence-corrected chi connectivity index (χ2v) is 4.51. The summed E-state index contributed by atoms with van der Waals surface area (Å²) in [5.74, 6) is -0.997.